The van der Waals surface area contributed by atoms with E-state index in [0.717, 1.165) is 25.4 Å². The Morgan fingerprint density at radius 3 is 2.72 bits per heavy atom. The molecule has 2 amide bonds. The number of nitrogens with zero attached hydrogens (tertiary/aromatic N) is 1. The number of likely N-dealkylation sites (tertiary alicyclic amines) is 1. The van der Waals surface area contributed by atoms with E-state index in [9.17, 15) is 9.59 Å². The lowest BCUT2D eigenvalue weighted by atomic mass is 10.00. The van der Waals surface area contributed by atoms with Gasteiger partial charge in [-0.2, -0.15) is 11.8 Å². The lowest BCUT2D eigenvalue weighted by Gasteiger charge is -2.33. The number of thioether (sulfide) groups is 1. The summed E-state index contributed by atoms with van der Waals surface area (Å²) >= 11 is 13.7. The van der Waals surface area contributed by atoms with Crippen LogP contribution in [0.4, 0.5) is 0 Å². The molecule has 2 rings (SSSR count). The molecule has 1 fully saturated rings. The first-order valence-electron chi connectivity index (χ1n) is 10.1. The Morgan fingerprint density at radius 1 is 1.31 bits per heavy atom. The summed E-state index contributed by atoms with van der Waals surface area (Å²) in [5.41, 5.74) is 0.313. The molecule has 3 unspecified atom stereocenters. The highest BCUT2D eigenvalue weighted by atomic mass is 35.5. The van der Waals surface area contributed by atoms with Gasteiger partial charge in [0.2, 0.25) is 5.91 Å². The number of hydrogen-bond acceptors (Lipinski definition) is 4. The Bertz CT molecular complexity index is 705. The Hall–Kier alpha value is -0.950. The van der Waals surface area contributed by atoms with Crippen molar-refractivity contribution in [3.05, 3.63) is 33.8 Å². The number of amides is 2. The first kappa shape index (κ1) is 24.3. The van der Waals surface area contributed by atoms with E-state index in [4.69, 9.17) is 23.2 Å². The molecule has 8 heteroatoms. The number of carbonyl (C=O) groups excluding carboxylic acids is 2. The van der Waals surface area contributed by atoms with E-state index in [0.29, 0.717) is 22.9 Å². The van der Waals surface area contributed by atoms with Crippen LogP contribution in [0.1, 0.15) is 43.5 Å². The van der Waals surface area contributed by atoms with Gasteiger partial charge in [0.1, 0.15) is 6.04 Å². The molecule has 1 heterocycles. The number of carbonyl (C=O) groups is 2. The maximum Gasteiger partial charge on any atom is 0.253 e. The summed E-state index contributed by atoms with van der Waals surface area (Å²) in [6, 6.07) is 4.12. The second kappa shape index (κ2) is 12.0. The van der Waals surface area contributed by atoms with Crippen molar-refractivity contribution in [1.82, 2.24) is 15.5 Å². The molecule has 0 aliphatic carbocycles. The molecule has 0 aromatic heterocycles. The highest BCUT2D eigenvalue weighted by Crippen LogP contribution is 2.21. The van der Waals surface area contributed by atoms with E-state index in [1.807, 2.05) is 13.2 Å². The second-order valence-electron chi connectivity index (χ2n) is 7.85. The molecule has 3 atom stereocenters. The van der Waals surface area contributed by atoms with Gasteiger partial charge in [-0.1, -0.05) is 30.1 Å². The van der Waals surface area contributed by atoms with E-state index in [2.05, 4.69) is 22.5 Å². The second-order valence-corrected chi connectivity index (χ2v) is 9.68. The average Bonchev–Trinajstić information content (AvgIpc) is 2.64. The van der Waals surface area contributed by atoms with Crippen LogP contribution >= 0.6 is 35.0 Å². The van der Waals surface area contributed by atoms with Crippen LogP contribution in [0.2, 0.25) is 10.0 Å². The van der Waals surface area contributed by atoms with Crippen LogP contribution in [-0.4, -0.2) is 60.4 Å². The fraction of sp³-hybridized carbons (Fsp3) is 0.619. The highest BCUT2D eigenvalue weighted by Gasteiger charge is 2.25. The lowest BCUT2D eigenvalue weighted by Crippen LogP contribution is -2.52. The molecule has 1 aliphatic heterocycles. The van der Waals surface area contributed by atoms with E-state index in [1.54, 1.807) is 23.9 Å². The van der Waals surface area contributed by atoms with Crippen LogP contribution in [-0.2, 0) is 4.79 Å². The third-order valence-corrected chi connectivity index (χ3v) is 6.26. The summed E-state index contributed by atoms with van der Waals surface area (Å²) in [4.78, 5) is 27.9. The summed E-state index contributed by atoms with van der Waals surface area (Å²) in [6.45, 7) is 7.25. The Balaban J connectivity index is 1.96. The maximum atomic E-state index is 12.9. The lowest BCUT2D eigenvalue weighted by molar-refractivity contribution is -0.123. The predicted octanol–water partition coefficient (Wildman–Crippen LogP) is 4.08. The molecule has 1 aromatic rings. The van der Waals surface area contributed by atoms with Gasteiger partial charge in [0.25, 0.3) is 5.91 Å². The first-order chi connectivity index (χ1) is 13.8. The molecule has 29 heavy (non-hydrogen) atoms. The minimum absolute atomic E-state index is 0.0144. The smallest absolute Gasteiger partial charge is 0.253 e. The summed E-state index contributed by atoms with van der Waals surface area (Å²) in [6.07, 6.45) is 5.01. The molecular weight excluding hydrogens is 429 g/mol. The van der Waals surface area contributed by atoms with Crippen LogP contribution in [0.5, 0.6) is 0 Å². The van der Waals surface area contributed by atoms with Gasteiger partial charge >= 0.3 is 0 Å². The molecule has 0 spiro atoms. The van der Waals surface area contributed by atoms with Crippen molar-refractivity contribution in [2.24, 2.45) is 5.92 Å². The van der Waals surface area contributed by atoms with Crippen molar-refractivity contribution >= 4 is 46.8 Å². The highest BCUT2D eigenvalue weighted by molar-refractivity contribution is 7.98. The standard InChI is InChI=1S/C21H31Cl2N3O2S/c1-14-5-4-9-26(12-14)13-15(2)24-21(28)19(8-10-29-3)25-20(27)17-7-6-16(22)11-18(17)23/h6-7,11,14-15,19H,4-5,8-10,12-13H2,1-3H3,(H,24,28)(H,25,27). The van der Waals surface area contributed by atoms with E-state index < -0.39 is 6.04 Å². The fourth-order valence-corrected chi connectivity index (χ4v) is 4.61. The molecule has 0 saturated carbocycles. The topological polar surface area (TPSA) is 61.4 Å². The van der Waals surface area contributed by atoms with Gasteiger partial charge in [-0.25, -0.2) is 0 Å². The number of rotatable bonds is 9. The average molecular weight is 460 g/mol. The molecule has 162 valence electrons. The summed E-state index contributed by atoms with van der Waals surface area (Å²) in [5, 5.41) is 6.64. The molecular formula is C21H31Cl2N3O2S. The van der Waals surface area contributed by atoms with Crippen molar-refractivity contribution in [2.75, 3.05) is 31.6 Å². The molecule has 0 radical (unpaired) electrons. The van der Waals surface area contributed by atoms with Gasteiger partial charge in [-0.3, -0.25) is 9.59 Å². The molecule has 1 aromatic carbocycles. The largest absolute Gasteiger partial charge is 0.351 e. The zero-order valence-electron chi connectivity index (χ0n) is 17.3. The summed E-state index contributed by atoms with van der Waals surface area (Å²) in [7, 11) is 0. The van der Waals surface area contributed by atoms with Crippen molar-refractivity contribution < 1.29 is 9.59 Å². The van der Waals surface area contributed by atoms with Gasteiger partial charge in [0.15, 0.2) is 0 Å². The SMILES string of the molecule is CSCCC(NC(=O)c1ccc(Cl)cc1Cl)C(=O)NC(C)CN1CCCC(C)C1. The van der Waals surface area contributed by atoms with Gasteiger partial charge in [0, 0.05) is 24.2 Å². The van der Waals surface area contributed by atoms with Crippen molar-refractivity contribution in [1.29, 1.82) is 0 Å². The van der Waals surface area contributed by atoms with Crippen LogP contribution in [0.3, 0.4) is 0 Å². The molecule has 1 aliphatic rings. The third-order valence-electron chi connectivity index (χ3n) is 5.07. The third kappa shape index (κ3) is 8.00. The Labute approximate surface area is 188 Å². The fourth-order valence-electron chi connectivity index (χ4n) is 3.64. The van der Waals surface area contributed by atoms with Crippen molar-refractivity contribution in [3.63, 3.8) is 0 Å². The Morgan fingerprint density at radius 2 is 2.07 bits per heavy atom. The zero-order chi connectivity index (χ0) is 21.4. The number of hydrogen-bond donors (Lipinski definition) is 2. The Kier molecular flexibility index (Phi) is 10.1. The minimum Gasteiger partial charge on any atom is -0.351 e. The summed E-state index contributed by atoms with van der Waals surface area (Å²) in [5.74, 6) is 0.940. The number of piperidine rings is 1. The van der Waals surface area contributed by atoms with E-state index in [-0.39, 0.29) is 22.9 Å². The number of nitrogens with one attached hydrogen (secondary N) is 2. The van der Waals surface area contributed by atoms with Gasteiger partial charge in [-0.15, -0.1) is 0 Å². The van der Waals surface area contributed by atoms with Gasteiger partial charge < -0.3 is 15.5 Å². The molecule has 1 saturated heterocycles. The summed E-state index contributed by atoms with van der Waals surface area (Å²) < 4.78 is 0. The first-order valence-corrected chi connectivity index (χ1v) is 12.2. The predicted molar refractivity (Wildman–Crippen MR) is 123 cm³/mol. The quantitative estimate of drug-likeness (QED) is 0.583. The zero-order valence-corrected chi connectivity index (χ0v) is 19.7. The molecule has 0 bridgehead atoms. The number of benzene rings is 1. The van der Waals surface area contributed by atoms with Gasteiger partial charge in [0.05, 0.1) is 10.6 Å². The minimum atomic E-state index is -0.607. The molecule has 5 nitrogen and oxygen atoms in total. The van der Waals surface area contributed by atoms with Crippen LogP contribution in [0, 0.1) is 5.92 Å². The van der Waals surface area contributed by atoms with Crippen molar-refractivity contribution in [3.8, 4) is 0 Å². The normalized spacial score (nSPS) is 19.4. The van der Waals surface area contributed by atoms with Gasteiger partial charge in [-0.05, 0) is 68.9 Å². The van der Waals surface area contributed by atoms with E-state index in [1.165, 1.54) is 18.9 Å². The molecule has 2 N–H and O–H groups in total. The van der Waals surface area contributed by atoms with Crippen molar-refractivity contribution in [2.45, 2.75) is 45.2 Å². The monoisotopic (exact) mass is 459 g/mol. The van der Waals surface area contributed by atoms with E-state index >= 15 is 0 Å². The van der Waals surface area contributed by atoms with Crippen LogP contribution < -0.4 is 10.6 Å². The van der Waals surface area contributed by atoms with Crippen LogP contribution in [0.15, 0.2) is 18.2 Å². The maximum absolute atomic E-state index is 12.9. The van der Waals surface area contributed by atoms with Crippen LogP contribution in [0.25, 0.3) is 0 Å². The number of halogens is 2.